The zero-order valence-electron chi connectivity index (χ0n) is 16.7. The number of nitrogens with zero attached hydrogens (tertiary/aromatic N) is 1. The van der Waals surface area contributed by atoms with E-state index < -0.39 is 5.97 Å². The van der Waals surface area contributed by atoms with Crippen molar-refractivity contribution >= 4 is 28.6 Å². The van der Waals surface area contributed by atoms with Gasteiger partial charge in [0.05, 0.1) is 28.7 Å². The molecule has 6 nitrogen and oxygen atoms in total. The molecule has 3 aromatic carbocycles. The third-order valence-electron chi connectivity index (χ3n) is 4.61. The second-order valence-electron chi connectivity index (χ2n) is 6.76. The maximum Gasteiger partial charge on any atom is 0.336 e. The summed E-state index contributed by atoms with van der Waals surface area (Å²) in [4.78, 5) is 18.8. The van der Waals surface area contributed by atoms with E-state index in [-0.39, 0.29) is 11.6 Å². The Kier molecular flexibility index (Phi) is 5.52. The fourth-order valence-corrected chi connectivity index (χ4v) is 3.21. The first-order valence-electron chi connectivity index (χ1n) is 9.30. The molecule has 1 heterocycles. The fourth-order valence-electron chi connectivity index (χ4n) is 3.00. The summed E-state index contributed by atoms with van der Waals surface area (Å²) < 4.78 is 10.9. The molecule has 0 saturated heterocycles. The van der Waals surface area contributed by atoms with Gasteiger partial charge in [0.2, 0.25) is 0 Å². The Morgan fingerprint density at radius 3 is 2.71 bits per heavy atom. The number of carbonyl (C=O) groups is 1. The number of hydrogen-bond acceptors (Lipinski definition) is 4. The number of H-pyrrole nitrogens is 1. The number of methoxy groups -OCH3 is 1. The van der Waals surface area contributed by atoms with Crippen LogP contribution in [0.25, 0.3) is 11.0 Å². The molecule has 0 atom stereocenters. The van der Waals surface area contributed by atoms with Crippen molar-refractivity contribution < 1.29 is 19.4 Å². The number of carboxylic acid groups (broad SMARTS) is 1. The predicted molar refractivity (Wildman–Crippen MR) is 118 cm³/mol. The van der Waals surface area contributed by atoms with Gasteiger partial charge in [-0.2, -0.15) is 4.98 Å². The van der Waals surface area contributed by atoms with Crippen molar-refractivity contribution in [2.75, 3.05) is 7.11 Å². The highest BCUT2D eigenvalue weighted by Crippen LogP contribution is 2.27. The molecular weight excluding hydrogens is 416 g/mol. The Labute approximate surface area is 183 Å². The number of ether oxygens (including phenoxy) is 2. The zero-order valence-corrected chi connectivity index (χ0v) is 17.4. The van der Waals surface area contributed by atoms with Gasteiger partial charge in [0.15, 0.2) is 0 Å². The van der Waals surface area contributed by atoms with Gasteiger partial charge in [0, 0.05) is 11.1 Å². The standard InChI is InChI=1S/C24H17ClN2O4/c1-14-6-9-18(12-19(14)23(28)29)31-24-26-21-11-16(20(25)13-22(21)27-24)8-7-15-4-3-5-17(10-15)30-2/h3-6,9-13H,1-2H3,(H,26,27)(H,28,29). The quantitative estimate of drug-likeness (QED) is 0.420. The molecule has 1 aromatic heterocycles. The number of rotatable bonds is 4. The minimum Gasteiger partial charge on any atom is -0.497 e. The average Bonchev–Trinajstić information content (AvgIpc) is 3.14. The van der Waals surface area contributed by atoms with E-state index in [1.54, 1.807) is 38.3 Å². The monoisotopic (exact) mass is 432 g/mol. The lowest BCUT2D eigenvalue weighted by Gasteiger charge is -2.05. The molecule has 7 heteroatoms. The van der Waals surface area contributed by atoms with Crippen molar-refractivity contribution in [1.82, 2.24) is 9.97 Å². The Morgan fingerprint density at radius 1 is 1.10 bits per heavy atom. The smallest absolute Gasteiger partial charge is 0.336 e. The number of aromatic carboxylic acids is 1. The highest BCUT2D eigenvalue weighted by molar-refractivity contribution is 6.32. The number of imidazole rings is 1. The van der Waals surface area contributed by atoms with E-state index in [0.717, 1.165) is 11.3 Å². The normalized spacial score (nSPS) is 10.4. The summed E-state index contributed by atoms with van der Waals surface area (Å²) in [5.74, 6) is 6.21. The lowest BCUT2D eigenvalue weighted by molar-refractivity contribution is 0.0695. The number of aryl methyl sites for hydroxylation is 1. The Balaban J connectivity index is 1.63. The van der Waals surface area contributed by atoms with E-state index >= 15 is 0 Å². The van der Waals surface area contributed by atoms with Crippen molar-refractivity contribution in [3.8, 4) is 29.4 Å². The van der Waals surface area contributed by atoms with Crippen LogP contribution in [0, 0.1) is 18.8 Å². The molecule has 0 fully saturated rings. The van der Waals surface area contributed by atoms with Crippen LogP contribution in [-0.2, 0) is 0 Å². The van der Waals surface area contributed by atoms with Crippen LogP contribution < -0.4 is 9.47 Å². The van der Waals surface area contributed by atoms with Crippen LogP contribution in [0.15, 0.2) is 54.6 Å². The number of benzene rings is 3. The van der Waals surface area contributed by atoms with Crippen LogP contribution in [0.1, 0.15) is 27.0 Å². The minimum absolute atomic E-state index is 0.173. The topological polar surface area (TPSA) is 84.4 Å². The Bertz CT molecular complexity index is 1370. The molecule has 0 aliphatic carbocycles. The lowest BCUT2D eigenvalue weighted by Crippen LogP contribution is -2.00. The molecule has 0 aliphatic heterocycles. The third-order valence-corrected chi connectivity index (χ3v) is 4.93. The summed E-state index contributed by atoms with van der Waals surface area (Å²) >= 11 is 6.39. The van der Waals surface area contributed by atoms with Gasteiger partial charge in [0.25, 0.3) is 6.01 Å². The van der Waals surface area contributed by atoms with Gasteiger partial charge >= 0.3 is 5.97 Å². The molecule has 0 bridgehead atoms. The van der Waals surface area contributed by atoms with Crippen LogP contribution in [0.3, 0.4) is 0 Å². The van der Waals surface area contributed by atoms with Crippen molar-refractivity contribution in [3.63, 3.8) is 0 Å². The van der Waals surface area contributed by atoms with Crippen molar-refractivity contribution in [1.29, 1.82) is 0 Å². The molecule has 4 rings (SSSR count). The predicted octanol–water partition coefficient (Wildman–Crippen LogP) is 5.42. The molecule has 4 aromatic rings. The summed E-state index contributed by atoms with van der Waals surface area (Å²) in [6.45, 7) is 1.73. The maximum absolute atomic E-state index is 11.3. The molecule has 0 amide bonds. The molecule has 0 spiro atoms. The van der Waals surface area contributed by atoms with Crippen LogP contribution in [-0.4, -0.2) is 28.2 Å². The molecular formula is C24H17ClN2O4. The summed E-state index contributed by atoms with van der Waals surface area (Å²) in [7, 11) is 1.60. The maximum atomic E-state index is 11.3. The summed E-state index contributed by atoms with van der Waals surface area (Å²) in [6.07, 6.45) is 0. The van der Waals surface area contributed by atoms with Gasteiger partial charge in [-0.05, 0) is 55.0 Å². The molecule has 0 radical (unpaired) electrons. The van der Waals surface area contributed by atoms with E-state index in [1.807, 2.05) is 24.3 Å². The zero-order chi connectivity index (χ0) is 22.0. The molecule has 0 aliphatic rings. The van der Waals surface area contributed by atoms with Gasteiger partial charge < -0.3 is 19.6 Å². The highest BCUT2D eigenvalue weighted by atomic mass is 35.5. The van der Waals surface area contributed by atoms with Crippen LogP contribution in [0.5, 0.6) is 17.5 Å². The Morgan fingerprint density at radius 2 is 1.94 bits per heavy atom. The first-order chi connectivity index (χ1) is 14.9. The van der Waals surface area contributed by atoms with Gasteiger partial charge in [-0.15, -0.1) is 0 Å². The largest absolute Gasteiger partial charge is 0.497 e. The van der Waals surface area contributed by atoms with Gasteiger partial charge in [-0.25, -0.2) is 4.79 Å². The van der Waals surface area contributed by atoms with E-state index in [4.69, 9.17) is 21.1 Å². The molecule has 0 unspecified atom stereocenters. The summed E-state index contributed by atoms with van der Waals surface area (Å²) in [5, 5.41) is 9.75. The summed E-state index contributed by atoms with van der Waals surface area (Å²) in [6, 6.07) is 16.0. The van der Waals surface area contributed by atoms with E-state index in [0.29, 0.717) is 32.9 Å². The second-order valence-corrected chi connectivity index (χ2v) is 7.16. The van der Waals surface area contributed by atoms with Crippen LogP contribution in [0.4, 0.5) is 0 Å². The highest BCUT2D eigenvalue weighted by Gasteiger charge is 2.12. The van der Waals surface area contributed by atoms with Crippen molar-refractivity contribution in [2.24, 2.45) is 0 Å². The number of nitrogens with one attached hydrogen (secondary N) is 1. The van der Waals surface area contributed by atoms with Crippen molar-refractivity contribution in [2.45, 2.75) is 6.92 Å². The second kappa shape index (κ2) is 8.42. The van der Waals surface area contributed by atoms with Gasteiger partial charge in [-0.1, -0.05) is 35.6 Å². The molecule has 154 valence electrons. The number of fused-ring (bicyclic) bond motifs is 1. The lowest BCUT2D eigenvalue weighted by atomic mass is 10.1. The van der Waals surface area contributed by atoms with E-state index in [1.165, 1.54) is 6.07 Å². The third kappa shape index (κ3) is 4.47. The summed E-state index contributed by atoms with van der Waals surface area (Å²) in [5.41, 5.74) is 3.55. The molecule has 0 saturated carbocycles. The van der Waals surface area contributed by atoms with Gasteiger partial charge in [-0.3, -0.25) is 0 Å². The molecule has 2 N–H and O–H groups in total. The first-order valence-corrected chi connectivity index (χ1v) is 9.68. The number of aromatic nitrogens is 2. The fraction of sp³-hybridized carbons (Fsp3) is 0.0833. The van der Waals surface area contributed by atoms with Gasteiger partial charge in [0.1, 0.15) is 11.5 Å². The van der Waals surface area contributed by atoms with Crippen LogP contribution >= 0.6 is 11.6 Å². The van der Waals surface area contributed by atoms with E-state index in [2.05, 4.69) is 21.8 Å². The number of carboxylic acids is 1. The first kappa shape index (κ1) is 20.3. The van der Waals surface area contributed by atoms with Crippen LogP contribution in [0.2, 0.25) is 5.02 Å². The minimum atomic E-state index is -1.02. The number of hydrogen-bond donors (Lipinski definition) is 2. The number of aromatic amines is 1. The number of halogens is 1. The average molecular weight is 433 g/mol. The molecule has 31 heavy (non-hydrogen) atoms. The Hall–Kier alpha value is -3.95. The van der Waals surface area contributed by atoms with Crippen molar-refractivity contribution in [3.05, 3.63) is 81.9 Å². The SMILES string of the molecule is COc1cccc(C#Cc2cc3nc(Oc4ccc(C)c(C(=O)O)c4)[nH]c3cc2Cl)c1. The van der Waals surface area contributed by atoms with E-state index in [9.17, 15) is 9.90 Å².